The molecule has 1 aliphatic rings. The second-order valence-electron chi connectivity index (χ2n) is 6.78. The Kier molecular flexibility index (Phi) is 4.18. The minimum Gasteiger partial charge on any atom is -0.472 e. The van der Waals surface area contributed by atoms with Gasteiger partial charge in [0.25, 0.3) is 5.91 Å². The molecule has 0 atom stereocenters. The van der Waals surface area contributed by atoms with E-state index >= 15 is 0 Å². The molecule has 0 unspecified atom stereocenters. The molecule has 0 spiro atoms. The molecule has 1 amide bonds. The van der Waals surface area contributed by atoms with Crippen molar-refractivity contribution < 1.29 is 13.9 Å². The van der Waals surface area contributed by atoms with Crippen molar-refractivity contribution in [1.29, 1.82) is 0 Å². The molecule has 1 saturated heterocycles. The van der Waals surface area contributed by atoms with Crippen LogP contribution in [0.2, 0.25) is 0 Å². The fourth-order valence-corrected chi connectivity index (χ4v) is 3.53. The maximum absolute atomic E-state index is 12.6. The van der Waals surface area contributed by atoms with Gasteiger partial charge in [-0.3, -0.25) is 9.20 Å². The van der Waals surface area contributed by atoms with Gasteiger partial charge in [0.2, 0.25) is 0 Å². The largest absolute Gasteiger partial charge is 0.472 e. The zero-order valence-corrected chi connectivity index (χ0v) is 15.2. The molecule has 3 aromatic heterocycles. The van der Waals surface area contributed by atoms with Crippen molar-refractivity contribution in [2.45, 2.75) is 0 Å². The molecule has 0 saturated carbocycles. The molecule has 1 fully saturated rings. The van der Waals surface area contributed by atoms with E-state index in [4.69, 9.17) is 9.15 Å². The van der Waals surface area contributed by atoms with Crippen LogP contribution < -0.4 is 0 Å². The summed E-state index contributed by atoms with van der Waals surface area (Å²) in [4.78, 5) is 18.9. The zero-order chi connectivity index (χ0) is 18.9. The summed E-state index contributed by atoms with van der Waals surface area (Å²) in [6.45, 7) is 2.50. The van der Waals surface area contributed by atoms with Crippen LogP contribution in [0.4, 0.5) is 0 Å². The number of benzene rings is 1. The van der Waals surface area contributed by atoms with Gasteiger partial charge >= 0.3 is 0 Å². The van der Waals surface area contributed by atoms with Crippen LogP contribution in [0.1, 0.15) is 10.4 Å². The van der Waals surface area contributed by atoms with Crippen LogP contribution in [0.25, 0.3) is 28.0 Å². The normalized spacial score (nSPS) is 14.5. The van der Waals surface area contributed by atoms with Crippen molar-refractivity contribution in [3.63, 3.8) is 0 Å². The number of carbonyl (C=O) groups is 1. The molecular weight excluding hydrogens is 354 g/mol. The number of morpholine rings is 1. The van der Waals surface area contributed by atoms with Gasteiger partial charge in [-0.2, -0.15) is 0 Å². The Bertz CT molecular complexity index is 1110. The number of imidazole rings is 1. The first-order valence-electron chi connectivity index (χ1n) is 9.27. The van der Waals surface area contributed by atoms with E-state index in [1.54, 1.807) is 12.5 Å². The number of ether oxygens (including phenoxy) is 1. The summed E-state index contributed by atoms with van der Waals surface area (Å²) in [6.07, 6.45) is 7.27. The predicted molar refractivity (Wildman–Crippen MR) is 105 cm³/mol. The summed E-state index contributed by atoms with van der Waals surface area (Å²) in [5, 5.41) is 0. The summed E-state index contributed by atoms with van der Waals surface area (Å²) in [5.41, 5.74) is 5.64. The molecule has 28 heavy (non-hydrogen) atoms. The highest BCUT2D eigenvalue weighted by Crippen LogP contribution is 2.26. The number of amides is 1. The topological polar surface area (TPSA) is 60.0 Å². The number of nitrogens with zero attached hydrogens (tertiary/aromatic N) is 3. The van der Waals surface area contributed by atoms with Crippen LogP contribution in [0.5, 0.6) is 0 Å². The lowest BCUT2D eigenvalue weighted by molar-refractivity contribution is 0.0303. The summed E-state index contributed by atoms with van der Waals surface area (Å²) in [7, 11) is 0. The number of hydrogen-bond acceptors (Lipinski definition) is 4. The van der Waals surface area contributed by atoms with E-state index in [-0.39, 0.29) is 5.91 Å². The Morgan fingerprint density at radius 3 is 2.46 bits per heavy atom. The van der Waals surface area contributed by atoms with Crippen molar-refractivity contribution in [3.8, 4) is 22.4 Å². The van der Waals surface area contributed by atoms with Gasteiger partial charge in [-0.15, -0.1) is 0 Å². The first kappa shape index (κ1) is 16.8. The highest BCUT2D eigenvalue weighted by molar-refractivity contribution is 5.94. The second kappa shape index (κ2) is 6.98. The van der Waals surface area contributed by atoms with Crippen molar-refractivity contribution in [2.75, 3.05) is 26.3 Å². The molecule has 1 aliphatic heterocycles. The van der Waals surface area contributed by atoms with Crippen LogP contribution in [-0.4, -0.2) is 46.5 Å². The molecule has 0 radical (unpaired) electrons. The zero-order valence-electron chi connectivity index (χ0n) is 15.2. The van der Waals surface area contributed by atoms with Gasteiger partial charge in [-0.05, 0) is 41.5 Å². The fraction of sp³-hybridized carbons (Fsp3) is 0.182. The van der Waals surface area contributed by atoms with Crippen LogP contribution in [0.15, 0.2) is 71.8 Å². The van der Waals surface area contributed by atoms with Gasteiger partial charge in [0.15, 0.2) is 0 Å². The maximum atomic E-state index is 12.6. The lowest BCUT2D eigenvalue weighted by Crippen LogP contribution is -2.40. The molecule has 0 bridgehead atoms. The molecule has 6 heteroatoms. The minimum atomic E-state index is 0.0576. The van der Waals surface area contributed by atoms with Gasteiger partial charge in [0, 0.05) is 30.4 Å². The summed E-state index contributed by atoms with van der Waals surface area (Å²) in [5.74, 6) is 0.0576. The maximum Gasteiger partial charge on any atom is 0.254 e. The summed E-state index contributed by atoms with van der Waals surface area (Å²) in [6, 6.07) is 13.7. The Morgan fingerprint density at radius 1 is 0.929 bits per heavy atom. The number of fused-ring (bicyclic) bond motifs is 1. The monoisotopic (exact) mass is 373 g/mol. The van der Waals surface area contributed by atoms with Crippen LogP contribution in [-0.2, 0) is 4.74 Å². The van der Waals surface area contributed by atoms with Gasteiger partial charge in [0.1, 0.15) is 5.65 Å². The van der Waals surface area contributed by atoms with E-state index < -0.39 is 0 Å². The SMILES string of the molecule is O=C(c1ccc(-c2ccc3ncc(-c4ccoc4)n3c2)cc1)N1CCOCC1. The minimum absolute atomic E-state index is 0.0576. The van der Waals surface area contributed by atoms with Crippen molar-refractivity contribution in [3.05, 3.63) is 72.9 Å². The number of rotatable bonds is 3. The van der Waals surface area contributed by atoms with E-state index in [1.165, 1.54) is 0 Å². The summed E-state index contributed by atoms with van der Waals surface area (Å²) >= 11 is 0. The third-order valence-electron chi connectivity index (χ3n) is 5.09. The molecular formula is C22H19N3O3. The molecule has 140 valence electrons. The van der Waals surface area contributed by atoms with Crippen LogP contribution >= 0.6 is 0 Å². The number of furan rings is 1. The average Bonchev–Trinajstić information content (AvgIpc) is 3.43. The van der Waals surface area contributed by atoms with Crippen LogP contribution in [0.3, 0.4) is 0 Å². The number of aromatic nitrogens is 2. The number of pyridine rings is 1. The van der Waals surface area contributed by atoms with Gasteiger partial charge < -0.3 is 14.1 Å². The Hall–Kier alpha value is -3.38. The van der Waals surface area contributed by atoms with Crippen LogP contribution in [0, 0.1) is 0 Å². The molecule has 0 N–H and O–H groups in total. The van der Waals surface area contributed by atoms with E-state index in [0.29, 0.717) is 31.9 Å². The molecule has 4 heterocycles. The molecule has 0 aliphatic carbocycles. The average molecular weight is 373 g/mol. The predicted octanol–water partition coefficient (Wildman–Crippen LogP) is 3.73. The second-order valence-corrected chi connectivity index (χ2v) is 6.78. The van der Waals surface area contributed by atoms with E-state index in [1.807, 2.05) is 58.0 Å². The fourth-order valence-electron chi connectivity index (χ4n) is 3.53. The highest BCUT2D eigenvalue weighted by atomic mass is 16.5. The van der Waals surface area contributed by atoms with Gasteiger partial charge in [-0.25, -0.2) is 4.98 Å². The Morgan fingerprint density at radius 2 is 1.71 bits per heavy atom. The number of carbonyl (C=O) groups excluding carboxylic acids is 1. The van der Waals surface area contributed by atoms with E-state index in [2.05, 4.69) is 11.2 Å². The van der Waals surface area contributed by atoms with Crippen molar-refractivity contribution in [1.82, 2.24) is 14.3 Å². The third kappa shape index (κ3) is 2.97. The first-order valence-corrected chi connectivity index (χ1v) is 9.27. The Labute approximate surface area is 162 Å². The molecule has 6 nitrogen and oxygen atoms in total. The van der Waals surface area contributed by atoms with Crippen molar-refractivity contribution >= 4 is 11.6 Å². The van der Waals surface area contributed by atoms with E-state index in [0.717, 1.165) is 28.0 Å². The standard InChI is InChI=1S/C22H19N3O3/c26-22(24-8-11-27-12-9-24)17-3-1-16(2-4-17)18-5-6-21-23-13-20(25(21)14-18)19-7-10-28-15-19/h1-7,10,13-15H,8-9,11-12H2. The van der Waals surface area contributed by atoms with Gasteiger partial charge in [-0.1, -0.05) is 12.1 Å². The molecule has 5 rings (SSSR count). The third-order valence-corrected chi connectivity index (χ3v) is 5.09. The van der Waals surface area contributed by atoms with Crippen molar-refractivity contribution in [2.24, 2.45) is 0 Å². The number of hydrogen-bond donors (Lipinski definition) is 0. The molecule has 1 aromatic carbocycles. The van der Waals surface area contributed by atoms with E-state index in [9.17, 15) is 4.79 Å². The smallest absolute Gasteiger partial charge is 0.254 e. The first-order chi connectivity index (χ1) is 13.8. The highest BCUT2D eigenvalue weighted by Gasteiger charge is 2.18. The van der Waals surface area contributed by atoms with Gasteiger partial charge in [0.05, 0.1) is 37.6 Å². The molecule has 4 aromatic rings. The lowest BCUT2D eigenvalue weighted by atomic mass is 10.0. The summed E-state index contributed by atoms with van der Waals surface area (Å²) < 4.78 is 12.6. The lowest BCUT2D eigenvalue weighted by Gasteiger charge is -2.26. The Balaban J connectivity index is 1.45. The quantitative estimate of drug-likeness (QED) is 0.549.